The average molecular weight is 458 g/mol. The third-order valence-corrected chi connectivity index (χ3v) is 10.2. The maximum atomic E-state index is 14.0. The van der Waals surface area contributed by atoms with Gasteiger partial charge in [-0.1, -0.05) is 56.2 Å². The van der Waals surface area contributed by atoms with Crippen LogP contribution < -0.4 is 0 Å². The van der Waals surface area contributed by atoms with Gasteiger partial charge in [0.25, 0.3) is 0 Å². The summed E-state index contributed by atoms with van der Waals surface area (Å²) < 4.78 is 0. The Kier molecular flexibility index (Phi) is 7.53. The first-order chi connectivity index (χ1) is 15.1. The summed E-state index contributed by atoms with van der Waals surface area (Å²) in [5, 5.41) is 0.899. The first-order valence-corrected chi connectivity index (χ1v) is 13.9. The lowest BCUT2D eigenvalue weighted by Gasteiger charge is -2.36. The van der Waals surface area contributed by atoms with Gasteiger partial charge in [0.2, 0.25) is 5.91 Å². The summed E-state index contributed by atoms with van der Waals surface area (Å²) in [4.78, 5) is 29.6. The van der Waals surface area contributed by atoms with Crippen LogP contribution in [0.15, 0.2) is 41.3 Å². The Morgan fingerprint density at radius 3 is 2.55 bits per heavy atom. The second-order valence-electron chi connectivity index (χ2n) is 9.09. The number of thioether (sulfide) groups is 2. The van der Waals surface area contributed by atoms with Gasteiger partial charge < -0.3 is 4.90 Å². The molecule has 0 bridgehead atoms. The van der Waals surface area contributed by atoms with Crippen molar-refractivity contribution in [3.8, 4) is 0 Å². The fourth-order valence-corrected chi connectivity index (χ4v) is 8.97. The van der Waals surface area contributed by atoms with E-state index in [2.05, 4.69) is 25.1 Å². The molecule has 0 N–H and O–H groups in total. The number of hydrogen-bond donors (Lipinski definition) is 0. The van der Waals surface area contributed by atoms with Crippen LogP contribution in [0.3, 0.4) is 0 Å². The maximum Gasteiger partial charge on any atom is 0.232 e. The monoisotopic (exact) mass is 457 g/mol. The molecule has 3 nitrogen and oxygen atoms in total. The highest BCUT2D eigenvalue weighted by Crippen LogP contribution is 2.57. The predicted molar refractivity (Wildman–Crippen MR) is 132 cm³/mol. The van der Waals surface area contributed by atoms with Gasteiger partial charge in [-0.3, -0.25) is 9.59 Å². The lowest BCUT2D eigenvalue weighted by atomic mass is 9.68. The minimum atomic E-state index is -0.208. The van der Waals surface area contributed by atoms with Crippen molar-refractivity contribution in [3.05, 3.63) is 46.9 Å². The molecule has 1 saturated carbocycles. The van der Waals surface area contributed by atoms with Crippen LogP contribution in [0.2, 0.25) is 0 Å². The standard InChI is InChI=1S/C26H35NO2S2/c1-4-17-12-13-19-20(14-17)31-22-15-21(30-16-23(28)27(5-2)6-3)24(26(29)25(19)22)18-10-8-7-9-11-18/h7-11,15,17,19-20,22,24-25H,4-6,12-14,16H2,1-3H3/t17-,19-,20+,22-,24+,25-/m1/s1. The van der Waals surface area contributed by atoms with Gasteiger partial charge in [-0.25, -0.2) is 0 Å². The summed E-state index contributed by atoms with van der Waals surface area (Å²) in [6, 6.07) is 10.2. The zero-order chi connectivity index (χ0) is 22.0. The van der Waals surface area contributed by atoms with E-state index in [4.69, 9.17) is 0 Å². The van der Waals surface area contributed by atoms with Crippen molar-refractivity contribution in [1.29, 1.82) is 0 Å². The lowest BCUT2D eigenvalue weighted by molar-refractivity contribution is -0.128. The molecule has 4 rings (SSSR count). The first kappa shape index (κ1) is 23.0. The normalized spacial score (nSPS) is 32.2. The van der Waals surface area contributed by atoms with Crippen LogP contribution in [-0.4, -0.2) is 45.9 Å². The van der Waals surface area contributed by atoms with E-state index in [0.717, 1.165) is 29.5 Å². The number of benzene rings is 1. The number of amides is 1. The van der Waals surface area contributed by atoms with E-state index in [1.54, 1.807) is 11.8 Å². The summed E-state index contributed by atoms with van der Waals surface area (Å²) in [7, 11) is 0. The summed E-state index contributed by atoms with van der Waals surface area (Å²) in [6.07, 6.45) is 7.35. The second-order valence-corrected chi connectivity index (χ2v) is 11.6. The van der Waals surface area contributed by atoms with Crippen LogP contribution in [-0.2, 0) is 9.59 Å². The molecular weight excluding hydrogens is 422 g/mol. The summed E-state index contributed by atoms with van der Waals surface area (Å²) in [5.74, 6) is 2.25. The van der Waals surface area contributed by atoms with Gasteiger partial charge in [-0.15, -0.1) is 23.5 Å². The van der Waals surface area contributed by atoms with Crippen LogP contribution in [0.5, 0.6) is 0 Å². The Bertz CT molecular complexity index is 820. The molecule has 1 aliphatic heterocycles. The molecule has 31 heavy (non-hydrogen) atoms. The molecule has 168 valence electrons. The van der Waals surface area contributed by atoms with Gasteiger partial charge in [0.1, 0.15) is 5.78 Å². The molecule has 6 atom stereocenters. The number of hydrogen-bond acceptors (Lipinski definition) is 4. The fraction of sp³-hybridized carbons (Fsp3) is 0.615. The molecule has 0 aromatic heterocycles. The minimum Gasteiger partial charge on any atom is -0.343 e. The molecule has 2 aliphatic carbocycles. The number of allylic oxidation sites excluding steroid dienone is 1. The number of ketones is 1. The van der Waals surface area contributed by atoms with Crippen LogP contribution in [0.1, 0.15) is 57.9 Å². The molecule has 1 amide bonds. The van der Waals surface area contributed by atoms with Gasteiger partial charge in [-0.2, -0.15) is 0 Å². The number of carbonyl (C=O) groups excluding carboxylic acids is 2. The molecule has 1 heterocycles. The molecular formula is C26H35NO2S2. The van der Waals surface area contributed by atoms with Gasteiger partial charge in [0.15, 0.2) is 0 Å². The Labute approximate surface area is 195 Å². The largest absolute Gasteiger partial charge is 0.343 e. The Morgan fingerprint density at radius 1 is 1.13 bits per heavy atom. The molecule has 0 unspecified atom stereocenters. The van der Waals surface area contributed by atoms with E-state index in [1.165, 1.54) is 25.7 Å². The van der Waals surface area contributed by atoms with E-state index >= 15 is 0 Å². The third kappa shape index (κ3) is 4.64. The molecule has 0 spiro atoms. The van der Waals surface area contributed by atoms with E-state index in [9.17, 15) is 9.59 Å². The number of fused-ring (bicyclic) bond motifs is 3. The third-order valence-electron chi connectivity index (χ3n) is 7.51. The van der Waals surface area contributed by atoms with Gasteiger partial charge in [0, 0.05) is 29.5 Å². The lowest BCUT2D eigenvalue weighted by Crippen LogP contribution is -2.38. The SMILES string of the molecule is CC[C@@H]1CC[C@H]2[C@H]3C(=O)[C@@H](c4ccccc4)C(SCC(=O)N(CC)CC)=C[C@H]3S[C@H]2C1. The summed E-state index contributed by atoms with van der Waals surface area (Å²) in [5.41, 5.74) is 1.08. The minimum absolute atomic E-state index is 0.140. The van der Waals surface area contributed by atoms with Gasteiger partial charge in [-0.05, 0) is 49.0 Å². The molecule has 5 heteroatoms. The van der Waals surface area contributed by atoms with Crippen molar-refractivity contribution in [2.45, 2.75) is 62.9 Å². The quantitative estimate of drug-likeness (QED) is 0.521. The van der Waals surface area contributed by atoms with Crippen molar-refractivity contribution < 1.29 is 9.59 Å². The zero-order valence-corrected chi connectivity index (χ0v) is 20.6. The average Bonchev–Trinajstić information content (AvgIpc) is 3.16. The number of rotatable bonds is 7. The van der Waals surface area contributed by atoms with Crippen molar-refractivity contribution in [3.63, 3.8) is 0 Å². The van der Waals surface area contributed by atoms with Gasteiger partial charge >= 0.3 is 0 Å². The summed E-state index contributed by atoms with van der Waals surface area (Å²) >= 11 is 3.64. The van der Waals surface area contributed by atoms with E-state index in [0.29, 0.717) is 22.7 Å². The van der Waals surface area contributed by atoms with Crippen LogP contribution >= 0.6 is 23.5 Å². The Hall–Kier alpha value is -1.20. The second kappa shape index (κ2) is 10.2. The number of nitrogens with zero attached hydrogens (tertiary/aromatic N) is 1. The zero-order valence-electron chi connectivity index (χ0n) is 19.0. The topological polar surface area (TPSA) is 37.4 Å². The molecule has 3 aliphatic rings. The van der Waals surface area contributed by atoms with E-state index in [1.807, 2.05) is 48.7 Å². The van der Waals surface area contributed by atoms with Crippen molar-refractivity contribution in [2.24, 2.45) is 17.8 Å². The summed E-state index contributed by atoms with van der Waals surface area (Å²) in [6.45, 7) is 7.81. The highest BCUT2D eigenvalue weighted by atomic mass is 32.2. The highest BCUT2D eigenvalue weighted by Gasteiger charge is 2.52. The smallest absolute Gasteiger partial charge is 0.232 e. The van der Waals surface area contributed by atoms with Crippen LogP contribution in [0, 0.1) is 17.8 Å². The van der Waals surface area contributed by atoms with Crippen molar-refractivity contribution in [2.75, 3.05) is 18.8 Å². The van der Waals surface area contributed by atoms with E-state index < -0.39 is 0 Å². The van der Waals surface area contributed by atoms with Gasteiger partial charge in [0.05, 0.1) is 11.7 Å². The number of carbonyl (C=O) groups is 2. The molecule has 2 fully saturated rings. The number of Topliss-reactive ketones (excluding diaryl/α,β-unsaturated/α-hetero) is 1. The highest BCUT2D eigenvalue weighted by molar-refractivity contribution is 8.04. The Balaban J connectivity index is 1.60. The molecule has 1 aromatic rings. The molecule has 1 aromatic carbocycles. The fourth-order valence-electron chi connectivity index (χ4n) is 5.73. The van der Waals surface area contributed by atoms with Crippen LogP contribution in [0.4, 0.5) is 0 Å². The first-order valence-electron chi connectivity index (χ1n) is 11.9. The van der Waals surface area contributed by atoms with E-state index in [-0.39, 0.29) is 23.0 Å². The molecule has 0 radical (unpaired) electrons. The van der Waals surface area contributed by atoms with Crippen molar-refractivity contribution in [1.82, 2.24) is 4.90 Å². The molecule has 1 saturated heterocycles. The van der Waals surface area contributed by atoms with Crippen molar-refractivity contribution >= 4 is 35.2 Å². The Morgan fingerprint density at radius 2 is 1.87 bits per heavy atom. The van der Waals surface area contributed by atoms with Crippen LogP contribution in [0.25, 0.3) is 0 Å². The predicted octanol–water partition coefficient (Wildman–Crippen LogP) is 5.76. The maximum absolute atomic E-state index is 14.0.